The first-order valence-corrected chi connectivity index (χ1v) is 12.5. The molecule has 0 radical (unpaired) electrons. The SMILES string of the molecule is COc1c2c(cc3c1[C@H](c1nnnn1C(c1ccccc1)c1ccccc1)[N+](C)(CC(N)=O)CC3)OCO2. The van der Waals surface area contributed by atoms with E-state index in [1.807, 2.05) is 54.2 Å². The first kappa shape index (κ1) is 23.9. The number of benzene rings is 3. The second-order valence-corrected chi connectivity index (χ2v) is 9.90. The average Bonchev–Trinajstić information content (AvgIpc) is 3.58. The predicted molar refractivity (Wildman–Crippen MR) is 138 cm³/mol. The Labute approximate surface area is 220 Å². The summed E-state index contributed by atoms with van der Waals surface area (Å²) in [5.41, 5.74) is 9.78. The van der Waals surface area contributed by atoms with Gasteiger partial charge in [0.15, 0.2) is 24.1 Å². The van der Waals surface area contributed by atoms with E-state index in [4.69, 9.17) is 19.9 Å². The van der Waals surface area contributed by atoms with Gasteiger partial charge in [-0.25, -0.2) is 4.68 Å². The van der Waals surface area contributed by atoms with Crippen LogP contribution in [0, 0.1) is 0 Å². The van der Waals surface area contributed by atoms with Gasteiger partial charge in [0.1, 0.15) is 6.04 Å². The number of nitrogens with two attached hydrogens (primary N) is 1. The smallest absolute Gasteiger partial charge is 0.272 e. The van der Waals surface area contributed by atoms with Crippen molar-refractivity contribution in [1.82, 2.24) is 20.2 Å². The van der Waals surface area contributed by atoms with Crippen molar-refractivity contribution < 1.29 is 23.5 Å². The van der Waals surface area contributed by atoms with Gasteiger partial charge >= 0.3 is 0 Å². The van der Waals surface area contributed by atoms with Crippen molar-refractivity contribution in [3.8, 4) is 17.2 Å². The van der Waals surface area contributed by atoms with Gasteiger partial charge in [0.2, 0.25) is 18.4 Å². The summed E-state index contributed by atoms with van der Waals surface area (Å²) in [6, 6.07) is 21.5. The number of fused-ring (bicyclic) bond motifs is 2. The lowest BCUT2D eigenvalue weighted by atomic mass is 9.87. The molecule has 4 aromatic rings. The lowest BCUT2D eigenvalue weighted by molar-refractivity contribution is -0.929. The first-order valence-electron chi connectivity index (χ1n) is 12.5. The number of primary amides is 1. The summed E-state index contributed by atoms with van der Waals surface area (Å²) in [7, 11) is 3.63. The number of hydrogen-bond acceptors (Lipinski definition) is 7. The van der Waals surface area contributed by atoms with E-state index in [9.17, 15) is 4.79 Å². The highest BCUT2D eigenvalue weighted by molar-refractivity contribution is 5.75. The van der Waals surface area contributed by atoms with Gasteiger partial charge in [0.25, 0.3) is 5.91 Å². The topological polar surface area (TPSA) is 114 Å². The monoisotopic (exact) mass is 513 g/mol. The fraction of sp³-hybridized carbons (Fsp3) is 0.286. The Morgan fingerprint density at radius 2 is 1.82 bits per heavy atom. The average molecular weight is 514 g/mol. The van der Waals surface area contributed by atoms with Crippen LogP contribution >= 0.6 is 0 Å². The number of nitrogens with zero attached hydrogens (tertiary/aromatic N) is 5. The van der Waals surface area contributed by atoms with Crippen molar-refractivity contribution >= 4 is 5.91 Å². The molecule has 3 aromatic carbocycles. The van der Waals surface area contributed by atoms with Gasteiger partial charge in [-0.1, -0.05) is 60.7 Å². The zero-order valence-electron chi connectivity index (χ0n) is 21.3. The molecule has 0 saturated carbocycles. The molecule has 2 N–H and O–H groups in total. The minimum Gasteiger partial charge on any atom is -0.492 e. The van der Waals surface area contributed by atoms with Crippen LogP contribution in [0.5, 0.6) is 17.2 Å². The normalized spacial score (nSPS) is 19.8. The Morgan fingerprint density at radius 1 is 1.13 bits per heavy atom. The molecule has 3 heterocycles. The van der Waals surface area contributed by atoms with Crippen molar-refractivity contribution in [3.63, 3.8) is 0 Å². The summed E-state index contributed by atoms with van der Waals surface area (Å²) in [4.78, 5) is 12.4. The number of quaternary nitrogens is 1. The van der Waals surface area contributed by atoms with E-state index in [-0.39, 0.29) is 23.9 Å². The number of aromatic nitrogens is 4. The van der Waals surface area contributed by atoms with Crippen LogP contribution in [0.15, 0.2) is 66.7 Å². The second kappa shape index (κ2) is 9.46. The molecule has 0 aliphatic carbocycles. The minimum atomic E-state index is -0.458. The van der Waals surface area contributed by atoms with Crippen LogP contribution in [0.1, 0.15) is 40.2 Å². The fourth-order valence-electron chi connectivity index (χ4n) is 5.85. The van der Waals surface area contributed by atoms with E-state index in [2.05, 4.69) is 39.8 Å². The summed E-state index contributed by atoms with van der Waals surface area (Å²) >= 11 is 0. The van der Waals surface area contributed by atoms with Gasteiger partial charge in [-0.05, 0) is 33.2 Å². The molecule has 2 atom stereocenters. The van der Waals surface area contributed by atoms with Crippen LogP contribution in [-0.4, -0.2) is 64.6 Å². The molecule has 1 unspecified atom stereocenters. The van der Waals surface area contributed by atoms with Crippen LogP contribution < -0.4 is 19.9 Å². The maximum atomic E-state index is 12.4. The summed E-state index contributed by atoms with van der Waals surface area (Å²) < 4.78 is 19.6. The number of carbonyl (C=O) groups is 1. The summed E-state index contributed by atoms with van der Waals surface area (Å²) in [6.45, 7) is 0.877. The van der Waals surface area contributed by atoms with Crippen molar-refractivity contribution in [2.45, 2.75) is 18.5 Å². The number of methoxy groups -OCH3 is 1. The molecule has 2 aliphatic rings. The molecule has 10 nitrogen and oxygen atoms in total. The van der Waals surface area contributed by atoms with Crippen LogP contribution in [0.2, 0.25) is 0 Å². The molecule has 6 rings (SSSR count). The number of carbonyl (C=O) groups excluding carboxylic acids is 1. The quantitative estimate of drug-likeness (QED) is 0.378. The molecule has 0 spiro atoms. The Bertz CT molecular complexity index is 1440. The molecular weight excluding hydrogens is 484 g/mol. The Balaban J connectivity index is 1.60. The van der Waals surface area contributed by atoms with Crippen LogP contribution in [0.25, 0.3) is 0 Å². The van der Waals surface area contributed by atoms with Gasteiger partial charge in [-0.2, -0.15) is 0 Å². The third kappa shape index (κ3) is 3.93. The molecule has 38 heavy (non-hydrogen) atoms. The van der Waals surface area contributed by atoms with Crippen molar-refractivity contribution in [3.05, 3.63) is 94.8 Å². The van der Waals surface area contributed by atoms with E-state index in [0.29, 0.717) is 36.0 Å². The number of likely N-dealkylation sites (N-methyl/N-ethyl adjacent to an activating group) is 1. The zero-order chi connectivity index (χ0) is 26.3. The highest BCUT2D eigenvalue weighted by Gasteiger charge is 2.48. The van der Waals surface area contributed by atoms with Gasteiger partial charge in [0.05, 0.1) is 26.3 Å². The number of ether oxygens (including phenoxy) is 3. The predicted octanol–water partition coefficient (Wildman–Crippen LogP) is 2.63. The van der Waals surface area contributed by atoms with Crippen molar-refractivity contribution in [1.29, 1.82) is 0 Å². The van der Waals surface area contributed by atoms with E-state index >= 15 is 0 Å². The largest absolute Gasteiger partial charge is 0.492 e. The van der Waals surface area contributed by atoms with Crippen molar-refractivity contribution in [2.24, 2.45) is 5.73 Å². The third-order valence-electron chi connectivity index (χ3n) is 7.49. The number of tetrazole rings is 1. The lowest BCUT2D eigenvalue weighted by Crippen LogP contribution is -2.56. The Kier molecular flexibility index (Phi) is 5.96. The molecule has 1 amide bonds. The van der Waals surface area contributed by atoms with Crippen LogP contribution in [-0.2, 0) is 11.2 Å². The molecule has 0 fully saturated rings. The van der Waals surface area contributed by atoms with Gasteiger partial charge in [-0.3, -0.25) is 4.79 Å². The van der Waals surface area contributed by atoms with Gasteiger partial charge < -0.3 is 24.4 Å². The number of amides is 1. The second-order valence-electron chi connectivity index (χ2n) is 9.90. The zero-order valence-corrected chi connectivity index (χ0v) is 21.3. The maximum Gasteiger partial charge on any atom is 0.272 e. The summed E-state index contributed by atoms with van der Waals surface area (Å²) in [5.74, 6) is 1.97. The first-order chi connectivity index (χ1) is 18.5. The van der Waals surface area contributed by atoms with E-state index in [0.717, 1.165) is 22.3 Å². The number of hydrogen-bond donors (Lipinski definition) is 1. The molecule has 194 valence electrons. The summed E-state index contributed by atoms with van der Waals surface area (Å²) in [6.07, 6.45) is 0.699. The minimum absolute atomic E-state index is 0.107. The molecule has 0 bridgehead atoms. The fourth-order valence-corrected chi connectivity index (χ4v) is 5.85. The van der Waals surface area contributed by atoms with E-state index < -0.39 is 11.9 Å². The number of rotatable bonds is 7. The van der Waals surface area contributed by atoms with Gasteiger partial charge in [0, 0.05) is 6.42 Å². The van der Waals surface area contributed by atoms with Crippen molar-refractivity contribution in [2.75, 3.05) is 34.0 Å². The maximum absolute atomic E-state index is 12.4. The van der Waals surface area contributed by atoms with Crippen LogP contribution in [0.4, 0.5) is 0 Å². The Morgan fingerprint density at radius 3 is 2.45 bits per heavy atom. The highest BCUT2D eigenvalue weighted by atomic mass is 16.7. The Hall–Kier alpha value is -4.44. The third-order valence-corrected chi connectivity index (χ3v) is 7.49. The van der Waals surface area contributed by atoms with E-state index in [1.54, 1.807) is 7.11 Å². The van der Waals surface area contributed by atoms with Crippen LogP contribution in [0.3, 0.4) is 0 Å². The molecule has 0 saturated heterocycles. The standard InChI is InChI=1S/C28H28N6O4/c1-34(16-22(29)35)14-13-20-15-21-26(38-17-37-21)27(36-2)23(20)25(34)28-30-31-32-33(28)24(18-9-5-3-6-10-18)19-11-7-4-8-12-19/h3-12,15,24-25H,13-14,16-17H2,1-2H3,(H-,29,35)/p+1/t25-,34?/m1/s1. The van der Waals surface area contributed by atoms with E-state index in [1.165, 1.54) is 0 Å². The molecule has 2 aliphatic heterocycles. The molecular formula is C28H29N6O4+. The molecule has 10 heteroatoms. The lowest BCUT2D eigenvalue weighted by Gasteiger charge is -2.44. The summed E-state index contributed by atoms with van der Waals surface area (Å²) in [5, 5.41) is 13.3. The van der Waals surface area contributed by atoms with Gasteiger partial charge in [-0.15, -0.1) is 5.10 Å². The molecule has 1 aromatic heterocycles. The highest BCUT2D eigenvalue weighted by Crippen LogP contribution is 2.52.